The van der Waals surface area contributed by atoms with Gasteiger partial charge >= 0.3 is 6.25 Å². The molecule has 6 heteroatoms. The number of hydrogen-bond donors (Lipinski definition) is 0. The average Bonchev–Trinajstić information content (AvgIpc) is 2.45. The maximum absolute atomic E-state index is 6.63. The van der Waals surface area contributed by atoms with Crippen molar-refractivity contribution in [3.63, 3.8) is 0 Å². The number of alkyl halides is 1. The zero-order valence-corrected chi connectivity index (χ0v) is 16.2. The van der Waals surface area contributed by atoms with Gasteiger partial charge in [0.25, 0.3) is 0 Å². The lowest BCUT2D eigenvalue weighted by Gasteiger charge is -2.26. The van der Waals surface area contributed by atoms with Crippen molar-refractivity contribution in [1.29, 1.82) is 0 Å². The molecule has 2 aromatic carbocycles. The summed E-state index contributed by atoms with van der Waals surface area (Å²) in [5.74, 6) is 0. The Hall–Kier alpha value is -0.223. The van der Waals surface area contributed by atoms with Crippen LogP contribution in [0.3, 0.4) is 0 Å². The van der Waals surface area contributed by atoms with Crippen molar-refractivity contribution in [3.8, 4) is 0 Å². The van der Waals surface area contributed by atoms with Crippen LogP contribution in [0.2, 0.25) is 0 Å². The van der Waals surface area contributed by atoms with E-state index in [2.05, 4.69) is 0 Å². The summed E-state index contributed by atoms with van der Waals surface area (Å²) in [5.41, 5.74) is 4.14. The van der Waals surface area contributed by atoms with Gasteiger partial charge in [0.2, 0.25) is 0 Å². The molecule has 22 heavy (non-hydrogen) atoms. The summed E-state index contributed by atoms with van der Waals surface area (Å²) >= 11 is 24.5. The van der Waals surface area contributed by atoms with E-state index >= 15 is 0 Å². The molecule has 1 nitrogen and oxygen atoms in total. The molecule has 0 N–H and O–H groups in total. The van der Waals surface area contributed by atoms with Crippen LogP contribution in [0.5, 0.6) is 0 Å². The Bertz CT molecular complexity index is 608. The van der Waals surface area contributed by atoms with Gasteiger partial charge in [-0.1, -0.05) is 92.9 Å². The van der Waals surface area contributed by atoms with E-state index in [0.29, 0.717) is 0 Å². The highest BCUT2D eigenvalue weighted by atomic mass is 35.8. The molecule has 0 bridgehead atoms. The van der Waals surface area contributed by atoms with E-state index in [0.717, 1.165) is 22.3 Å². The minimum atomic E-state index is -3.29. The third kappa shape index (κ3) is 5.16. The Morgan fingerprint density at radius 3 is 1.59 bits per heavy atom. The van der Waals surface area contributed by atoms with Crippen molar-refractivity contribution in [1.82, 2.24) is 0 Å². The molecule has 2 aromatic rings. The van der Waals surface area contributed by atoms with Gasteiger partial charge in [-0.25, -0.2) is 0 Å². The fraction of sp³-hybridized carbons (Fsp3) is 0.250. The van der Waals surface area contributed by atoms with Crippen molar-refractivity contribution in [2.45, 2.75) is 25.3 Å². The normalized spacial score (nSPS) is 14.6. The van der Waals surface area contributed by atoms with E-state index in [1.54, 1.807) is 0 Å². The van der Waals surface area contributed by atoms with Crippen LogP contribution in [0, 0.1) is 13.8 Å². The Balaban J connectivity index is 2.34. The fourth-order valence-corrected chi connectivity index (χ4v) is 3.97. The molecule has 118 valence electrons. The highest BCUT2D eigenvalue weighted by Gasteiger charge is 2.36. The molecule has 0 amide bonds. The molecule has 0 radical (unpaired) electrons. The van der Waals surface area contributed by atoms with Crippen LogP contribution in [0.1, 0.15) is 33.7 Å². The highest BCUT2D eigenvalue weighted by molar-refractivity contribution is 7.62. The Morgan fingerprint density at radius 1 is 0.773 bits per heavy atom. The van der Waals surface area contributed by atoms with Crippen molar-refractivity contribution >= 4 is 51.1 Å². The number of aryl methyl sites for hydroxylation is 2. The summed E-state index contributed by atoms with van der Waals surface area (Å²) in [6.07, 6.45) is -3.80. The number of benzene rings is 2. The van der Waals surface area contributed by atoms with Crippen molar-refractivity contribution in [2.24, 2.45) is 0 Å². The van der Waals surface area contributed by atoms with Gasteiger partial charge in [-0.3, -0.25) is 0 Å². The van der Waals surface area contributed by atoms with Gasteiger partial charge in [-0.2, -0.15) is 0 Å². The molecule has 0 saturated carbocycles. The van der Waals surface area contributed by atoms with Gasteiger partial charge in [0.15, 0.2) is 0 Å². The Kier molecular flexibility index (Phi) is 6.23. The van der Waals surface area contributed by atoms with E-state index < -0.39 is 17.7 Å². The van der Waals surface area contributed by atoms with E-state index in [1.807, 2.05) is 62.4 Å². The van der Waals surface area contributed by atoms with Crippen LogP contribution in [0.4, 0.5) is 0 Å². The first-order valence-corrected chi connectivity index (χ1v) is 12.2. The molecule has 0 unspecified atom stereocenters. The monoisotopic (exact) mass is 392 g/mol. The lowest BCUT2D eigenvalue weighted by molar-refractivity contribution is 0.210. The minimum Gasteiger partial charge on any atom is -0.372 e. The van der Waals surface area contributed by atoms with Crippen LogP contribution in [-0.2, 0) is 4.43 Å². The SMILES string of the molecule is Cc1ccc([C@H](Cl)[C@@H](O[Si](Cl)(Cl)Cl)c2ccc(C)cc2)cc1. The van der Waals surface area contributed by atoms with Crippen LogP contribution < -0.4 is 0 Å². The standard InChI is InChI=1S/C16H16Cl4OSi/c1-11-3-7-13(8-4-11)15(17)16(21-22(18,19)20)14-9-5-12(2)6-10-14/h3-10,15-16H,1-2H3/t15-,16-/m0/s1. The largest absolute Gasteiger partial charge is 0.494 e. The van der Waals surface area contributed by atoms with E-state index in [-0.39, 0.29) is 0 Å². The van der Waals surface area contributed by atoms with Crippen molar-refractivity contribution < 1.29 is 4.43 Å². The second-order valence-electron chi connectivity index (χ2n) is 5.21. The van der Waals surface area contributed by atoms with Crippen LogP contribution in [0.15, 0.2) is 48.5 Å². The quantitative estimate of drug-likeness (QED) is 0.320. The zero-order chi connectivity index (χ0) is 16.3. The number of hydrogen-bond acceptors (Lipinski definition) is 1. The van der Waals surface area contributed by atoms with E-state index in [1.165, 1.54) is 0 Å². The smallest absolute Gasteiger partial charge is 0.372 e. The number of rotatable bonds is 5. The molecule has 0 spiro atoms. The maximum atomic E-state index is 6.63. The maximum Gasteiger partial charge on any atom is 0.494 e. The summed E-state index contributed by atoms with van der Waals surface area (Å²) in [4.78, 5) is 0. The average molecular weight is 394 g/mol. The van der Waals surface area contributed by atoms with Gasteiger partial charge in [0.05, 0.1) is 11.5 Å². The molecule has 0 aliphatic heterocycles. The lowest BCUT2D eigenvalue weighted by atomic mass is 9.99. The van der Waals surface area contributed by atoms with Gasteiger partial charge in [-0.15, -0.1) is 11.6 Å². The summed E-state index contributed by atoms with van der Waals surface area (Å²) in [6.45, 7) is 4.04. The predicted octanol–water partition coefficient (Wildman–Crippen LogP) is 6.49. The molecule has 0 aliphatic carbocycles. The first kappa shape index (κ1) is 18.1. The molecule has 0 aliphatic rings. The van der Waals surface area contributed by atoms with Gasteiger partial charge < -0.3 is 4.43 Å². The third-order valence-electron chi connectivity index (χ3n) is 3.33. The lowest BCUT2D eigenvalue weighted by Crippen LogP contribution is -2.23. The fourth-order valence-electron chi connectivity index (χ4n) is 2.12. The molecule has 0 heterocycles. The second-order valence-corrected chi connectivity index (χ2v) is 13.3. The molecular formula is C16H16Cl4OSi. The molecule has 2 atom stereocenters. The van der Waals surface area contributed by atoms with E-state index in [4.69, 9.17) is 49.3 Å². The Labute approximate surface area is 151 Å². The summed E-state index contributed by atoms with van der Waals surface area (Å²) in [6, 6.07) is 15.8. The summed E-state index contributed by atoms with van der Waals surface area (Å²) in [5, 5.41) is -0.438. The van der Waals surface area contributed by atoms with Gasteiger partial charge in [0, 0.05) is 0 Å². The summed E-state index contributed by atoms with van der Waals surface area (Å²) in [7, 11) is 0. The molecule has 0 aromatic heterocycles. The van der Waals surface area contributed by atoms with Crippen LogP contribution in [-0.4, -0.2) is 6.25 Å². The summed E-state index contributed by atoms with van der Waals surface area (Å²) < 4.78 is 5.71. The van der Waals surface area contributed by atoms with Crippen molar-refractivity contribution in [3.05, 3.63) is 70.8 Å². The third-order valence-corrected chi connectivity index (χ3v) is 5.13. The van der Waals surface area contributed by atoms with Crippen LogP contribution in [0.25, 0.3) is 0 Å². The number of halogens is 4. The molecular weight excluding hydrogens is 378 g/mol. The predicted molar refractivity (Wildman–Crippen MR) is 98.1 cm³/mol. The van der Waals surface area contributed by atoms with Gasteiger partial charge in [0.1, 0.15) is 0 Å². The van der Waals surface area contributed by atoms with Gasteiger partial charge in [-0.05, 0) is 25.0 Å². The van der Waals surface area contributed by atoms with Crippen LogP contribution >= 0.6 is 44.8 Å². The highest BCUT2D eigenvalue weighted by Crippen LogP contribution is 2.41. The molecule has 0 fully saturated rings. The second kappa shape index (κ2) is 7.56. The topological polar surface area (TPSA) is 9.23 Å². The molecule has 2 rings (SSSR count). The molecule has 0 saturated heterocycles. The first-order chi connectivity index (χ1) is 10.3. The van der Waals surface area contributed by atoms with E-state index in [9.17, 15) is 0 Å². The zero-order valence-electron chi connectivity index (χ0n) is 12.2. The minimum absolute atomic E-state index is 0.438. The van der Waals surface area contributed by atoms with Crippen molar-refractivity contribution in [2.75, 3.05) is 0 Å². The Morgan fingerprint density at radius 2 is 1.18 bits per heavy atom. The first-order valence-electron chi connectivity index (χ1n) is 6.78.